The molecule has 0 saturated carbocycles. The Morgan fingerprint density at radius 3 is 2.28 bits per heavy atom. The largest absolute Gasteiger partial charge is 0.296 e. The van der Waals surface area contributed by atoms with Gasteiger partial charge in [0.1, 0.15) is 0 Å². The van der Waals surface area contributed by atoms with Gasteiger partial charge in [0.2, 0.25) is 10.0 Å². The lowest BCUT2D eigenvalue weighted by Gasteiger charge is -2.34. The summed E-state index contributed by atoms with van der Waals surface area (Å²) < 4.78 is 27.2. The highest BCUT2D eigenvalue weighted by Gasteiger charge is 2.28. The average Bonchev–Trinajstić information content (AvgIpc) is 2.60. The van der Waals surface area contributed by atoms with Crippen molar-refractivity contribution in [2.45, 2.75) is 18.4 Å². The molecule has 134 valence electrons. The second kappa shape index (κ2) is 7.64. The van der Waals surface area contributed by atoms with Crippen LogP contribution >= 0.6 is 23.2 Å². The van der Waals surface area contributed by atoms with Crippen LogP contribution in [-0.2, 0) is 16.6 Å². The number of rotatable bonds is 4. The minimum atomic E-state index is -3.48. The van der Waals surface area contributed by atoms with Gasteiger partial charge in [-0.25, -0.2) is 8.42 Å². The maximum atomic E-state index is 12.8. The van der Waals surface area contributed by atoms with Gasteiger partial charge in [0, 0.05) is 42.8 Å². The molecule has 1 fully saturated rings. The first-order chi connectivity index (χ1) is 11.9. The quantitative estimate of drug-likeness (QED) is 0.785. The van der Waals surface area contributed by atoms with Gasteiger partial charge in [-0.2, -0.15) is 4.31 Å². The fourth-order valence-electron chi connectivity index (χ4n) is 2.92. The molecular formula is C18H20Cl2N2O2S. The van der Waals surface area contributed by atoms with Crippen LogP contribution in [0.1, 0.15) is 11.1 Å². The number of hydrogen-bond donors (Lipinski definition) is 0. The first-order valence-electron chi connectivity index (χ1n) is 8.10. The molecule has 0 aromatic heterocycles. The molecule has 0 unspecified atom stereocenters. The smallest absolute Gasteiger partial charge is 0.243 e. The second-order valence-electron chi connectivity index (χ2n) is 6.18. The second-order valence-corrected chi connectivity index (χ2v) is 8.93. The molecule has 0 amide bonds. The van der Waals surface area contributed by atoms with E-state index in [0.717, 1.165) is 22.7 Å². The van der Waals surface area contributed by atoms with Crippen molar-refractivity contribution < 1.29 is 8.42 Å². The number of piperazine rings is 1. The highest BCUT2D eigenvalue weighted by atomic mass is 35.5. The van der Waals surface area contributed by atoms with Crippen LogP contribution in [0.3, 0.4) is 0 Å². The molecule has 1 aliphatic heterocycles. The molecule has 2 aromatic rings. The predicted molar refractivity (Wildman–Crippen MR) is 102 cm³/mol. The van der Waals surface area contributed by atoms with Crippen molar-refractivity contribution in [3.8, 4) is 0 Å². The first kappa shape index (κ1) is 18.7. The van der Waals surface area contributed by atoms with Crippen molar-refractivity contribution in [1.29, 1.82) is 0 Å². The highest BCUT2D eigenvalue weighted by Crippen LogP contribution is 2.24. The van der Waals surface area contributed by atoms with Gasteiger partial charge >= 0.3 is 0 Å². The van der Waals surface area contributed by atoms with Crippen molar-refractivity contribution in [2.75, 3.05) is 26.2 Å². The van der Waals surface area contributed by atoms with Crippen LogP contribution < -0.4 is 0 Å². The molecule has 0 radical (unpaired) electrons. The number of sulfonamides is 1. The average molecular weight is 399 g/mol. The summed E-state index contributed by atoms with van der Waals surface area (Å²) in [7, 11) is -3.48. The summed E-state index contributed by atoms with van der Waals surface area (Å²) in [5.41, 5.74) is 1.83. The van der Waals surface area contributed by atoms with Gasteiger partial charge in [-0.3, -0.25) is 4.90 Å². The van der Waals surface area contributed by atoms with Crippen molar-refractivity contribution >= 4 is 33.2 Å². The maximum absolute atomic E-state index is 12.8. The minimum absolute atomic E-state index is 0.300. The first-order valence-corrected chi connectivity index (χ1v) is 10.3. The molecule has 7 heteroatoms. The normalized spacial score (nSPS) is 16.9. The van der Waals surface area contributed by atoms with Crippen molar-refractivity contribution in [2.24, 2.45) is 0 Å². The summed E-state index contributed by atoms with van der Waals surface area (Å²) in [4.78, 5) is 2.52. The molecule has 3 rings (SSSR count). The Morgan fingerprint density at radius 1 is 0.960 bits per heavy atom. The fourth-order valence-corrected chi connectivity index (χ4v) is 4.74. The van der Waals surface area contributed by atoms with Gasteiger partial charge in [0.05, 0.1) is 4.90 Å². The summed E-state index contributed by atoms with van der Waals surface area (Å²) in [6.07, 6.45) is 0. The van der Waals surface area contributed by atoms with Gasteiger partial charge in [0.25, 0.3) is 0 Å². The molecule has 0 spiro atoms. The molecule has 0 bridgehead atoms. The van der Waals surface area contributed by atoms with E-state index in [1.807, 2.05) is 31.2 Å². The van der Waals surface area contributed by atoms with Gasteiger partial charge in [-0.05, 0) is 42.3 Å². The lowest BCUT2D eigenvalue weighted by Crippen LogP contribution is -2.48. The zero-order valence-electron chi connectivity index (χ0n) is 14.0. The van der Waals surface area contributed by atoms with Crippen LogP contribution in [0.25, 0.3) is 0 Å². The topological polar surface area (TPSA) is 40.6 Å². The molecule has 25 heavy (non-hydrogen) atoms. The number of hydrogen-bond acceptors (Lipinski definition) is 3. The third-order valence-electron chi connectivity index (χ3n) is 4.45. The van der Waals surface area contributed by atoms with Gasteiger partial charge in [-0.1, -0.05) is 41.4 Å². The van der Waals surface area contributed by atoms with Crippen LogP contribution in [0, 0.1) is 6.92 Å². The van der Waals surface area contributed by atoms with E-state index in [4.69, 9.17) is 23.2 Å². The Labute approximate surface area is 159 Å². The van der Waals surface area contributed by atoms with E-state index < -0.39 is 10.0 Å². The van der Waals surface area contributed by atoms with Crippen molar-refractivity contribution in [1.82, 2.24) is 9.21 Å². The Kier molecular flexibility index (Phi) is 5.71. The summed E-state index contributed by atoms with van der Waals surface area (Å²) >= 11 is 12.2. The summed E-state index contributed by atoms with van der Waals surface area (Å²) in [5.74, 6) is 0. The van der Waals surface area contributed by atoms with E-state index in [9.17, 15) is 8.42 Å². The van der Waals surface area contributed by atoms with Crippen LogP contribution in [0.4, 0.5) is 0 Å². The van der Waals surface area contributed by atoms with Gasteiger partial charge in [0.15, 0.2) is 0 Å². The lowest BCUT2D eigenvalue weighted by molar-refractivity contribution is 0.181. The third-order valence-corrected chi connectivity index (χ3v) is 7.14. The van der Waals surface area contributed by atoms with Gasteiger partial charge < -0.3 is 0 Å². The van der Waals surface area contributed by atoms with E-state index >= 15 is 0 Å². The van der Waals surface area contributed by atoms with Crippen LogP contribution in [-0.4, -0.2) is 43.8 Å². The van der Waals surface area contributed by atoms with E-state index in [0.29, 0.717) is 36.1 Å². The molecule has 4 nitrogen and oxygen atoms in total. The van der Waals surface area contributed by atoms with Crippen molar-refractivity contribution in [3.63, 3.8) is 0 Å². The van der Waals surface area contributed by atoms with Crippen molar-refractivity contribution in [3.05, 3.63) is 63.6 Å². The summed E-state index contributed by atoms with van der Waals surface area (Å²) in [6, 6.07) is 12.6. The fraction of sp³-hybridized carbons (Fsp3) is 0.333. The number of nitrogens with zero attached hydrogens (tertiary/aromatic N) is 2. The van der Waals surface area contributed by atoms with E-state index in [1.165, 1.54) is 0 Å². The molecule has 1 saturated heterocycles. The monoisotopic (exact) mass is 398 g/mol. The molecule has 0 N–H and O–H groups in total. The van der Waals surface area contributed by atoms with E-state index in [2.05, 4.69) is 4.90 Å². The Bertz CT molecular complexity index is 863. The zero-order valence-corrected chi connectivity index (χ0v) is 16.3. The molecule has 0 atom stereocenters. The molecule has 1 aliphatic rings. The zero-order chi connectivity index (χ0) is 18.0. The lowest BCUT2D eigenvalue weighted by atomic mass is 10.2. The number of aryl methyl sites for hydroxylation is 1. The summed E-state index contributed by atoms with van der Waals surface area (Å²) in [5, 5.41) is 1.32. The molecule has 1 heterocycles. The maximum Gasteiger partial charge on any atom is 0.243 e. The minimum Gasteiger partial charge on any atom is -0.296 e. The van der Waals surface area contributed by atoms with Crippen LogP contribution in [0.5, 0.6) is 0 Å². The van der Waals surface area contributed by atoms with E-state index in [-0.39, 0.29) is 0 Å². The molecule has 2 aromatic carbocycles. The standard InChI is InChI=1S/C18H20Cl2N2O2S/c1-14-12-16(6-7-17(14)19)25(23,24)22-10-8-21(9-11-22)13-15-4-2-3-5-18(15)20/h2-7,12H,8-11,13H2,1H3. The highest BCUT2D eigenvalue weighted by molar-refractivity contribution is 7.89. The SMILES string of the molecule is Cc1cc(S(=O)(=O)N2CCN(Cc3ccccc3Cl)CC2)ccc1Cl. The number of benzene rings is 2. The van der Waals surface area contributed by atoms with Crippen LogP contribution in [0.2, 0.25) is 10.0 Å². The molecule has 0 aliphatic carbocycles. The predicted octanol–water partition coefficient (Wildman–Crippen LogP) is 3.81. The van der Waals surface area contributed by atoms with Crippen LogP contribution in [0.15, 0.2) is 47.4 Å². The Balaban J connectivity index is 1.67. The van der Waals surface area contributed by atoms with Gasteiger partial charge in [-0.15, -0.1) is 0 Å². The van der Waals surface area contributed by atoms with E-state index in [1.54, 1.807) is 22.5 Å². The Hall–Kier alpha value is -1.11. The molecular weight excluding hydrogens is 379 g/mol. The number of halogens is 2. The summed E-state index contributed by atoms with van der Waals surface area (Å²) in [6.45, 7) is 4.83. The third kappa shape index (κ3) is 4.18. The Morgan fingerprint density at radius 2 is 1.64 bits per heavy atom.